The van der Waals surface area contributed by atoms with E-state index in [0.29, 0.717) is 16.5 Å². The summed E-state index contributed by atoms with van der Waals surface area (Å²) in [4.78, 5) is 11.7. The lowest BCUT2D eigenvalue weighted by molar-refractivity contribution is 0.0602. The number of nitrogens with two attached hydrogens (primary N) is 1. The van der Waals surface area contributed by atoms with Gasteiger partial charge < -0.3 is 15.8 Å². The Balaban J connectivity index is 2.04. The minimum atomic E-state index is -0.355. The molecule has 1 unspecified atom stereocenters. The third-order valence-corrected chi connectivity index (χ3v) is 4.64. The monoisotopic (exact) mass is 280 g/mol. The second kappa shape index (κ2) is 6.70. The molecular formula is C14H20N2O2S. The number of benzene rings is 1. The van der Waals surface area contributed by atoms with Gasteiger partial charge >= 0.3 is 5.97 Å². The number of hydrogen-bond donors (Lipinski definition) is 2. The van der Waals surface area contributed by atoms with Crippen LogP contribution in [-0.2, 0) is 4.74 Å². The number of rotatable bonds is 4. The third-order valence-electron chi connectivity index (χ3n) is 3.24. The van der Waals surface area contributed by atoms with Crippen LogP contribution >= 0.6 is 11.8 Å². The molecule has 19 heavy (non-hydrogen) atoms. The molecule has 0 aromatic heterocycles. The van der Waals surface area contributed by atoms with E-state index in [2.05, 4.69) is 5.32 Å². The van der Waals surface area contributed by atoms with Crippen LogP contribution in [0.25, 0.3) is 0 Å². The van der Waals surface area contributed by atoms with Crippen LogP contribution in [0, 0.1) is 0 Å². The van der Waals surface area contributed by atoms with Gasteiger partial charge in [0.05, 0.1) is 12.7 Å². The Kier molecular flexibility index (Phi) is 4.96. The minimum Gasteiger partial charge on any atom is -0.465 e. The Bertz CT molecular complexity index is 445. The van der Waals surface area contributed by atoms with Crippen molar-refractivity contribution in [1.29, 1.82) is 0 Å². The van der Waals surface area contributed by atoms with Gasteiger partial charge in [0.15, 0.2) is 0 Å². The average molecular weight is 280 g/mol. The van der Waals surface area contributed by atoms with Crippen molar-refractivity contribution in [1.82, 2.24) is 0 Å². The van der Waals surface area contributed by atoms with Crippen LogP contribution in [0.3, 0.4) is 0 Å². The summed E-state index contributed by atoms with van der Waals surface area (Å²) in [5.41, 5.74) is 7.59. The van der Waals surface area contributed by atoms with Gasteiger partial charge in [-0.1, -0.05) is 6.42 Å². The fourth-order valence-electron chi connectivity index (χ4n) is 2.19. The average Bonchev–Trinajstić information content (AvgIpc) is 2.46. The lowest BCUT2D eigenvalue weighted by Gasteiger charge is -2.22. The van der Waals surface area contributed by atoms with Crippen molar-refractivity contribution in [3.8, 4) is 0 Å². The molecule has 0 spiro atoms. The van der Waals surface area contributed by atoms with Crippen LogP contribution in [0.4, 0.5) is 11.4 Å². The number of hydrogen-bond acceptors (Lipinski definition) is 5. The second-order valence-electron chi connectivity index (χ2n) is 4.67. The molecule has 1 saturated heterocycles. The largest absolute Gasteiger partial charge is 0.465 e. The van der Waals surface area contributed by atoms with Gasteiger partial charge in [-0.15, -0.1) is 0 Å². The lowest BCUT2D eigenvalue weighted by atomic mass is 10.1. The number of esters is 1. The summed E-state index contributed by atoms with van der Waals surface area (Å²) >= 11 is 2.00. The van der Waals surface area contributed by atoms with Crippen molar-refractivity contribution >= 4 is 29.1 Å². The molecule has 4 nitrogen and oxygen atoms in total. The van der Waals surface area contributed by atoms with E-state index in [-0.39, 0.29) is 5.97 Å². The molecule has 3 N–H and O–H groups in total. The van der Waals surface area contributed by atoms with Gasteiger partial charge in [0.2, 0.25) is 0 Å². The Morgan fingerprint density at radius 1 is 1.53 bits per heavy atom. The van der Waals surface area contributed by atoms with Gasteiger partial charge in [-0.25, -0.2) is 4.79 Å². The van der Waals surface area contributed by atoms with Crippen molar-refractivity contribution in [2.24, 2.45) is 0 Å². The SMILES string of the molecule is COC(=O)c1cc(N)ccc1NCC1CCCCS1. The summed E-state index contributed by atoms with van der Waals surface area (Å²) in [6.07, 6.45) is 3.85. The summed E-state index contributed by atoms with van der Waals surface area (Å²) < 4.78 is 4.78. The number of methoxy groups -OCH3 is 1. The first kappa shape index (κ1) is 14.1. The van der Waals surface area contributed by atoms with E-state index in [0.717, 1.165) is 12.2 Å². The maximum Gasteiger partial charge on any atom is 0.340 e. The highest BCUT2D eigenvalue weighted by Crippen LogP contribution is 2.26. The summed E-state index contributed by atoms with van der Waals surface area (Å²) in [7, 11) is 1.38. The van der Waals surface area contributed by atoms with Crippen molar-refractivity contribution in [2.75, 3.05) is 30.5 Å². The molecule has 0 bridgehead atoms. The van der Waals surface area contributed by atoms with Crippen molar-refractivity contribution in [3.63, 3.8) is 0 Å². The number of carbonyl (C=O) groups excluding carboxylic acids is 1. The zero-order chi connectivity index (χ0) is 13.7. The Morgan fingerprint density at radius 2 is 2.37 bits per heavy atom. The van der Waals surface area contributed by atoms with E-state index >= 15 is 0 Å². The quantitative estimate of drug-likeness (QED) is 0.656. The molecule has 1 aromatic carbocycles. The van der Waals surface area contributed by atoms with E-state index in [1.807, 2.05) is 17.8 Å². The second-order valence-corrected chi connectivity index (χ2v) is 6.07. The molecule has 0 radical (unpaired) electrons. The van der Waals surface area contributed by atoms with Gasteiger partial charge in [-0.3, -0.25) is 0 Å². The smallest absolute Gasteiger partial charge is 0.340 e. The van der Waals surface area contributed by atoms with Crippen LogP contribution < -0.4 is 11.1 Å². The highest BCUT2D eigenvalue weighted by atomic mass is 32.2. The fraction of sp³-hybridized carbons (Fsp3) is 0.500. The predicted octanol–water partition coefficient (Wildman–Crippen LogP) is 2.75. The number of anilines is 2. The summed E-state index contributed by atoms with van der Waals surface area (Å²) in [6, 6.07) is 5.29. The summed E-state index contributed by atoms with van der Waals surface area (Å²) in [6.45, 7) is 0.874. The van der Waals surface area contributed by atoms with Gasteiger partial charge in [-0.05, 0) is 36.8 Å². The number of ether oxygens (including phenoxy) is 1. The molecular weight excluding hydrogens is 260 g/mol. The van der Waals surface area contributed by atoms with E-state index in [9.17, 15) is 4.79 Å². The van der Waals surface area contributed by atoms with Crippen LogP contribution in [-0.4, -0.2) is 30.6 Å². The molecule has 1 heterocycles. The number of thioether (sulfide) groups is 1. The maximum absolute atomic E-state index is 11.7. The Hall–Kier alpha value is -1.36. The molecule has 0 saturated carbocycles. The van der Waals surface area contributed by atoms with Crippen LogP contribution in [0.15, 0.2) is 18.2 Å². The topological polar surface area (TPSA) is 64.3 Å². The zero-order valence-corrected chi connectivity index (χ0v) is 12.0. The number of nitrogen functional groups attached to an aromatic ring is 1. The number of carbonyl (C=O) groups is 1. The number of nitrogens with one attached hydrogen (secondary N) is 1. The highest BCUT2D eigenvalue weighted by Gasteiger charge is 2.16. The molecule has 0 amide bonds. The van der Waals surface area contributed by atoms with Crippen LogP contribution in [0.1, 0.15) is 29.6 Å². The predicted molar refractivity (Wildman–Crippen MR) is 80.8 cm³/mol. The van der Waals surface area contributed by atoms with E-state index in [1.165, 1.54) is 32.1 Å². The molecule has 1 aliphatic heterocycles. The molecule has 0 aliphatic carbocycles. The van der Waals surface area contributed by atoms with Gasteiger partial charge in [0, 0.05) is 23.2 Å². The van der Waals surface area contributed by atoms with Crippen molar-refractivity contribution in [3.05, 3.63) is 23.8 Å². The van der Waals surface area contributed by atoms with E-state index < -0.39 is 0 Å². The van der Waals surface area contributed by atoms with Gasteiger partial charge in [-0.2, -0.15) is 11.8 Å². The first-order chi connectivity index (χ1) is 9.20. The standard InChI is InChI=1S/C14H20N2O2S/c1-18-14(17)12-8-10(15)5-6-13(12)16-9-11-4-2-3-7-19-11/h5-6,8,11,16H,2-4,7,9,15H2,1H3. The Morgan fingerprint density at radius 3 is 3.05 bits per heavy atom. The molecule has 1 aliphatic rings. The summed E-state index contributed by atoms with van der Waals surface area (Å²) in [5, 5.41) is 3.97. The van der Waals surface area contributed by atoms with Crippen molar-refractivity contribution < 1.29 is 9.53 Å². The van der Waals surface area contributed by atoms with Crippen LogP contribution in [0.5, 0.6) is 0 Å². The molecule has 5 heteroatoms. The minimum absolute atomic E-state index is 0.355. The zero-order valence-electron chi connectivity index (χ0n) is 11.1. The molecule has 104 valence electrons. The molecule has 1 fully saturated rings. The van der Waals surface area contributed by atoms with E-state index in [1.54, 1.807) is 12.1 Å². The fourth-order valence-corrected chi connectivity index (χ4v) is 3.43. The lowest BCUT2D eigenvalue weighted by Crippen LogP contribution is -2.21. The highest BCUT2D eigenvalue weighted by molar-refractivity contribution is 7.99. The maximum atomic E-state index is 11.7. The Labute approximate surface area is 118 Å². The van der Waals surface area contributed by atoms with Gasteiger partial charge in [0.1, 0.15) is 0 Å². The van der Waals surface area contributed by atoms with Crippen LogP contribution in [0.2, 0.25) is 0 Å². The van der Waals surface area contributed by atoms with Crippen molar-refractivity contribution in [2.45, 2.75) is 24.5 Å². The first-order valence-electron chi connectivity index (χ1n) is 6.54. The summed E-state index contributed by atoms with van der Waals surface area (Å²) in [5.74, 6) is 0.879. The van der Waals surface area contributed by atoms with E-state index in [4.69, 9.17) is 10.5 Å². The molecule has 2 rings (SSSR count). The molecule has 1 aromatic rings. The third kappa shape index (κ3) is 3.80. The molecule has 1 atom stereocenters. The van der Waals surface area contributed by atoms with Gasteiger partial charge in [0.25, 0.3) is 0 Å². The normalized spacial score (nSPS) is 18.9. The first-order valence-corrected chi connectivity index (χ1v) is 7.59.